The van der Waals surface area contributed by atoms with Gasteiger partial charge in [-0.25, -0.2) is 4.39 Å². The van der Waals surface area contributed by atoms with Crippen molar-refractivity contribution in [2.75, 3.05) is 0 Å². The second kappa shape index (κ2) is 5.04. The minimum absolute atomic E-state index is 0.0313. The summed E-state index contributed by atoms with van der Waals surface area (Å²) in [5.41, 5.74) is -1.62. The number of carbonyl (C=O) groups excluding carboxylic acids is 2. The monoisotopic (exact) mass is 312 g/mol. The van der Waals surface area contributed by atoms with Crippen LogP contribution in [0.1, 0.15) is 35.2 Å². The van der Waals surface area contributed by atoms with Crippen molar-refractivity contribution in [2.45, 2.75) is 25.4 Å². The van der Waals surface area contributed by atoms with Gasteiger partial charge < -0.3 is 0 Å². The van der Waals surface area contributed by atoms with Gasteiger partial charge in [0.05, 0.1) is 5.56 Å². The zero-order chi connectivity index (χ0) is 16.1. The van der Waals surface area contributed by atoms with E-state index in [-0.39, 0.29) is 17.6 Å². The van der Waals surface area contributed by atoms with E-state index in [0.29, 0.717) is 18.1 Å². The molecule has 0 aromatic heterocycles. The fourth-order valence-corrected chi connectivity index (χ4v) is 3.31. The molecule has 2 saturated carbocycles. The molecular weight excluding hydrogens is 300 g/mol. The minimum atomic E-state index is -4.83. The molecule has 0 aliphatic heterocycles. The molecule has 116 valence electrons. The summed E-state index contributed by atoms with van der Waals surface area (Å²) in [5.74, 6) is -2.23. The molecule has 2 aliphatic carbocycles. The van der Waals surface area contributed by atoms with E-state index in [2.05, 4.69) is 0 Å². The van der Waals surface area contributed by atoms with E-state index >= 15 is 0 Å². The number of alkyl halides is 3. The van der Waals surface area contributed by atoms with Crippen molar-refractivity contribution in [1.82, 2.24) is 0 Å². The zero-order valence-electron chi connectivity index (χ0n) is 11.4. The maximum absolute atomic E-state index is 13.0. The Balaban J connectivity index is 1.98. The van der Waals surface area contributed by atoms with Gasteiger partial charge in [-0.2, -0.15) is 13.2 Å². The number of fused-ring (bicyclic) bond motifs is 2. The number of hydrogen-bond acceptors (Lipinski definition) is 2. The van der Waals surface area contributed by atoms with Crippen molar-refractivity contribution in [3.63, 3.8) is 0 Å². The van der Waals surface area contributed by atoms with Gasteiger partial charge in [-0.1, -0.05) is 0 Å². The molecule has 22 heavy (non-hydrogen) atoms. The van der Waals surface area contributed by atoms with Gasteiger partial charge >= 0.3 is 6.18 Å². The molecule has 0 saturated heterocycles. The summed E-state index contributed by atoms with van der Waals surface area (Å²) in [4.78, 5) is 24.1. The zero-order valence-corrected chi connectivity index (χ0v) is 11.4. The average Bonchev–Trinajstić information content (AvgIpc) is 3.01. The number of rotatable bonds is 2. The first-order valence-electron chi connectivity index (χ1n) is 6.94. The highest BCUT2D eigenvalue weighted by atomic mass is 19.4. The van der Waals surface area contributed by atoms with E-state index in [0.717, 1.165) is 31.1 Å². The van der Waals surface area contributed by atoms with E-state index < -0.39 is 28.9 Å². The Morgan fingerprint density at radius 3 is 2.45 bits per heavy atom. The molecule has 2 unspecified atom stereocenters. The smallest absolute Gasteiger partial charge is 0.294 e. The molecule has 2 nitrogen and oxygen atoms in total. The molecule has 2 atom stereocenters. The van der Waals surface area contributed by atoms with Gasteiger partial charge in [0.2, 0.25) is 0 Å². The Hall–Kier alpha value is -1.98. The summed E-state index contributed by atoms with van der Waals surface area (Å²) in [6.45, 7) is 0. The normalized spacial score (nSPS) is 26.0. The quantitative estimate of drug-likeness (QED) is 0.471. The van der Waals surface area contributed by atoms with E-state index in [1.807, 2.05) is 0 Å². The van der Waals surface area contributed by atoms with E-state index in [9.17, 15) is 27.2 Å². The molecule has 6 heteroatoms. The Morgan fingerprint density at radius 1 is 1.18 bits per heavy atom. The van der Waals surface area contributed by atoms with Crippen LogP contribution in [-0.2, 0) is 11.0 Å². The lowest BCUT2D eigenvalue weighted by atomic mass is 9.91. The van der Waals surface area contributed by atoms with Crippen LogP contribution in [0, 0.1) is 17.7 Å². The van der Waals surface area contributed by atoms with E-state index in [1.165, 1.54) is 0 Å². The Labute approximate surface area is 123 Å². The van der Waals surface area contributed by atoms with Crippen LogP contribution in [-0.4, -0.2) is 11.6 Å². The van der Waals surface area contributed by atoms with Gasteiger partial charge in [-0.15, -0.1) is 0 Å². The highest BCUT2D eigenvalue weighted by Crippen LogP contribution is 2.45. The maximum Gasteiger partial charge on any atom is 0.417 e. The third-order valence-corrected chi connectivity index (χ3v) is 4.37. The second-order valence-electron chi connectivity index (χ2n) is 5.72. The molecular formula is C16H12F4O2. The van der Waals surface area contributed by atoms with Crippen LogP contribution in [0.3, 0.4) is 0 Å². The van der Waals surface area contributed by atoms with Crippen molar-refractivity contribution in [2.24, 2.45) is 11.8 Å². The molecule has 3 rings (SSSR count). The number of Topliss-reactive ketones (excluding diaryl/α,β-unsaturated/α-hetero) is 1. The molecule has 0 amide bonds. The van der Waals surface area contributed by atoms with Crippen LogP contribution in [0.4, 0.5) is 17.6 Å². The van der Waals surface area contributed by atoms with Crippen molar-refractivity contribution >= 4 is 11.6 Å². The largest absolute Gasteiger partial charge is 0.417 e. The number of ketones is 2. The highest BCUT2D eigenvalue weighted by Gasteiger charge is 2.43. The maximum atomic E-state index is 13.0. The lowest BCUT2D eigenvalue weighted by molar-refractivity contribution is -0.138. The summed E-state index contributed by atoms with van der Waals surface area (Å²) in [7, 11) is 0. The molecule has 2 bridgehead atoms. The molecule has 0 radical (unpaired) electrons. The molecule has 2 fully saturated rings. The molecule has 0 spiro atoms. The van der Waals surface area contributed by atoms with E-state index in [4.69, 9.17) is 0 Å². The van der Waals surface area contributed by atoms with Crippen LogP contribution in [0.5, 0.6) is 0 Å². The van der Waals surface area contributed by atoms with Crippen molar-refractivity contribution < 1.29 is 27.2 Å². The predicted octanol–water partition coefficient (Wildman–Crippen LogP) is 3.95. The average molecular weight is 312 g/mol. The number of allylic oxidation sites excluding steroid dienone is 2. The summed E-state index contributed by atoms with van der Waals surface area (Å²) in [6.07, 6.45) is -1.59. The number of hydrogen-bond donors (Lipinski definition) is 0. The summed E-state index contributed by atoms with van der Waals surface area (Å²) in [6, 6.07) is 1.92. The van der Waals surface area contributed by atoms with Crippen LogP contribution < -0.4 is 0 Å². The van der Waals surface area contributed by atoms with Crippen LogP contribution in [0.15, 0.2) is 29.8 Å². The SMILES string of the molecule is O=C(/C=C1/C(=O)C2CCC1C2)c1ccc(F)cc1C(F)(F)F. The van der Waals surface area contributed by atoms with Crippen molar-refractivity contribution in [1.29, 1.82) is 0 Å². The van der Waals surface area contributed by atoms with Crippen molar-refractivity contribution in [3.05, 3.63) is 46.8 Å². The highest BCUT2D eigenvalue weighted by molar-refractivity contribution is 6.12. The first-order chi connectivity index (χ1) is 10.3. The van der Waals surface area contributed by atoms with E-state index in [1.54, 1.807) is 0 Å². The van der Waals surface area contributed by atoms with Crippen LogP contribution >= 0.6 is 0 Å². The molecule has 0 heterocycles. The van der Waals surface area contributed by atoms with Crippen LogP contribution in [0.25, 0.3) is 0 Å². The van der Waals surface area contributed by atoms with Gasteiger partial charge in [-0.3, -0.25) is 9.59 Å². The number of benzene rings is 1. The van der Waals surface area contributed by atoms with Gasteiger partial charge in [0.1, 0.15) is 5.82 Å². The fourth-order valence-electron chi connectivity index (χ4n) is 3.31. The molecule has 1 aromatic carbocycles. The fraction of sp³-hybridized carbons (Fsp3) is 0.375. The second-order valence-corrected chi connectivity index (χ2v) is 5.72. The van der Waals surface area contributed by atoms with Gasteiger partial charge in [-0.05, 0) is 49.5 Å². The standard InChI is InChI=1S/C16H12F4O2/c17-10-3-4-11(13(6-10)16(18,19)20)14(21)7-12-8-1-2-9(5-8)15(12)22/h3-4,6-9H,1-2,5H2/b12-7+. The molecule has 0 N–H and O–H groups in total. The van der Waals surface area contributed by atoms with Gasteiger partial charge in [0, 0.05) is 17.1 Å². The molecule has 1 aromatic rings. The Kier molecular flexibility index (Phi) is 3.42. The number of carbonyl (C=O) groups is 2. The third-order valence-electron chi connectivity index (χ3n) is 4.37. The summed E-state index contributed by atoms with van der Waals surface area (Å²) >= 11 is 0. The lowest BCUT2D eigenvalue weighted by Gasteiger charge is -2.13. The topological polar surface area (TPSA) is 34.1 Å². The summed E-state index contributed by atoms with van der Waals surface area (Å²) in [5, 5.41) is 0. The lowest BCUT2D eigenvalue weighted by Crippen LogP contribution is -2.16. The number of halogens is 4. The van der Waals surface area contributed by atoms with Gasteiger partial charge in [0.25, 0.3) is 0 Å². The first-order valence-corrected chi connectivity index (χ1v) is 6.94. The third kappa shape index (κ3) is 2.46. The van der Waals surface area contributed by atoms with Gasteiger partial charge in [0.15, 0.2) is 11.6 Å². The predicted molar refractivity (Wildman–Crippen MR) is 69.7 cm³/mol. The van der Waals surface area contributed by atoms with Crippen LogP contribution in [0.2, 0.25) is 0 Å². The van der Waals surface area contributed by atoms with Crippen molar-refractivity contribution in [3.8, 4) is 0 Å². The Bertz CT molecular complexity index is 688. The summed E-state index contributed by atoms with van der Waals surface area (Å²) < 4.78 is 51.8. The molecule has 2 aliphatic rings. The Morgan fingerprint density at radius 2 is 1.86 bits per heavy atom. The minimum Gasteiger partial charge on any atom is -0.294 e. The first kappa shape index (κ1) is 14.9.